The van der Waals surface area contributed by atoms with Crippen molar-refractivity contribution in [2.75, 3.05) is 0 Å². The van der Waals surface area contributed by atoms with Crippen LogP contribution >= 0.6 is 0 Å². The highest BCUT2D eigenvalue weighted by molar-refractivity contribution is 5.68. The van der Waals surface area contributed by atoms with Crippen LogP contribution < -0.4 is 11.1 Å². The van der Waals surface area contributed by atoms with E-state index in [1.165, 1.54) is 19.3 Å². The second-order valence-corrected chi connectivity index (χ2v) is 7.51. The Labute approximate surface area is 116 Å². The minimum Gasteiger partial charge on any atom is -0.444 e. The van der Waals surface area contributed by atoms with E-state index in [0.717, 1.165) is 32.1 Å². The number of carbonyl (C=O) groups is 1. The van der Waals surface area contributed by atoms with Gasteiger partial charge in [-0.2, -0.15) is 0 Å². The minimum atomic E-state index is -0.445. The van der Waals surface area contributed by atoms with Gasteiger partial charge in [-0.05, 0) is 52.9 Å². The molecule has 0 bridgehead atoms. The molecule has 2 rings (SSSR count). The number of carbonyl (C=O) groups excluding carboxylic acids is 1. The fourth-order valence-corrected chi connectivity index (χ4v) is 3.11. The number of rotatable bonds is 3. The van der Waals surface area contributed by atoms with Gasteiger partial charge in [-0.3, -0.25) is 0 Å². The molecule has 2 saturated carbocycles. The molecular weight excluding hydrogens is 240 g/mol. The Hall–Kier alpha value is -0.770. The minimum absolute atomic E-state index is 0.0354. The molecule has 1 amide bonds. The number of alkyl carbamates (subject to hydrolysis) is 1. The van der Waals surface area contributed by atoms with Gasteiger partial charge < -0.3 is 15.8 Å². The first kappa shape index (κ1) is 14.6. The molecule has 110 valence electrons. The number of hydrogen-bond acceptors (Lipinski definition) is 3. The molecule has 2 aliphatic carbocycles. The van der Waals surface area contributed by atoms with Crippen molar-refractivity contribution < 1.29 is 9.53 Å². The molecule has 2 fully saturated rings. The molecule has 0 atom stereocenters. The van der Waals surface area contributed by atoms with Crippen LogP contribution in [0, 0.1) is 0 Å². The summed E-state index contributed by atoms with van der Waals surface area (Å²) in [6, 6.07) is 0. The number of nitrogens with two attached hydrogens (primary N) is 1. The smallest absolute Gasteiger partial charge is 0.408 e. The monoisotopic (exact) mass is 268 g/mol. The standard InChI is InChI=1S/C15H28N2O2/c1-13(2,3)19-12(18)17-15(7-5-4-6-8-15)11-14(16)9-10-14/h4-11,16H2,1-3H3,(H,17,18). The van der Waals surface area contributed by atoms with Crippen molar-refractivity contribution in [1.82, 2.24) is 5.32 Å². The van der Waals surface area contributed by atoms with Crippen molar-refractivity contribution in [3.63, 3.8) is 0 Å². The van der Waals surface area contributed by atoms with Gasteiger partial charge in [0.1, 0.15) is 5.60 Å². The van der Waals surface area contributed by atoms with Gasteiger partial charge in [0.15, 0.2) is 0 Å². The summed E-state index contributed by atoms with van der Waals surface area (Å²) in [6.45, 7) is 5.68. The first-order valence-corrected chi connectivity index (χ1v) is 7.52. The maximum absolute atomic E-state index is 12.1. The number of hydrogen-bond donors (Lipinski definition) is 2. The lowest BCUT2D eigenvalue weighted by Gasteiger charge is -2.40. The lowest BCUT2D eigenvalue weighted by atomic mass is 9.77. The van der Waals surface area contributed by atoms with E-state index in [1.807, 2.05) is 20.8 Å². The highest BCUT2D eigenvalue weighted by atomic mass is 16.6. The van der Waals surface area contributed by atoms with Crippen LogP contribution in [-0.4, -0.2) is 22.8 Å². The van der Waals surface area contributed by atoms with Gasteiger partial charge in [0.2, 0.25) is 0 Å². The van der Waals surface area contributed by atoms with Crippen LogP contribution in [0.25, 0.3) is 0 Å². The molecule has 0 saturated heterocycles. The van der Waals surface area contributed by atoms with Gasteiger partial charge in [-0.25, -0.2) is 4.79 Å². The molecule has 0 aromatic carbocycles. The van der Waals surface area contributed by atoms with Gasteiger partial charge in [-0.1, -0.05) is 19.3 Å². The van der Waals surface area contributed by atoms with Crippen molar-refractivity contribution in [3.8, 4) is 0 Å². The topological polar surface area (TPSA) is 64.3 Å². The average Bonchev–Trinajstić information content (AvgIpc) is 2.93. The SMILES string of the molecule is CC(C)(C)OC(=O)NC1(CC2(N)CC2)CCCCC1. The van der Waals surface area contributed by atoms with Crippen LogP contribution in [0.5, 0.6) is 0 Å². The summed E-state index contributed by atoms with van der Waals surface area (Å²) < 4.78 is 5.41. The first-order valence-electron chi connectivity index (χ1n) is 7.52. The fraction of sp³-hybridized carbons (Fsp3) is 0.933. The van der Waals surface area contributed by atoms with E-state index in [0.29, 0.717) is 0 Å². The molecule has 0 heterocycles. The second kappa shape index (κ2) is 4.97. The Morgan fingerprint density at radius 1 is 1.16 bits per heavy atom. The van der Waals surface area contributed by atoms with Crippen molar-refractivity contribution in [3.05, 3.63) is 0 Å². The highest BCUT2D eigenvalue weighted by Crippen LogP contribution is 2.44. The van der Waals surface area contributed by atoms with Gasteiger partial charge >= 0.3 is 6.09 Å². The van der Waals surface area contributed by atoms with Gasteiger partial charge in [0.05, 0.1) is 0 Å². The van der Waals surface area contributed by atoms with Crippen molar-refractivity contribution in [2.24, 2.45) is 5.73 Å². The van der Waals surface area contributed by atoms with Crippen LogP contribution in [0.15, 0.2) is 0 Å². The van der Waals surface area contributed by atoms with Crippen LogP contribution in [0.2, 0.25) is 0 Å². The van der Waals surface area contributed by atoms with E-state index >= 15 is 0 Å². The normalized spacial score (nSPS) is 24.6. The summed E-state index contributed by atoms with van der Waals surface area (Å²) in [6.07, 6.45) is 8.46. The maximum Gasteiger partial charge on any atom is 0.408 e. The molecule has 2 aliphatic rings. The zero-order valence-corrected chi connectivity index (χ0v) is 12.6. The predicted molar refractivity (Wildman–Crippen MR) is 76.0 cm³/mol. The van der Waals surface area contributed by atoms with E-state index in [-0.39, 0.29) is 17.2 Å². The lowest BCUT2D eigenvalue weighted by Crippen LogP contribution is -2.54. The molecule has 4 heteroatoms. The molecule has 3 N–H and O–H groups in total. The Morgan fingerprint density at radius 3 is 2.21 bits per heavy atom. The Morgan fingerprint density at radius 2 is 1.74 bits per heavy atom. The molecule has 4 nitrogen and oxygen atoms in total. The van der Waals surface area contributed by atoms with E-state index < -0.39 is 5.60 Å². The summed E-state index contributed by atoms with van der Waals surface area (Å²) in [5.41, 5.74) is 5.66. The molecule has 0 radical (unpaired) electrons. The summed E-state index contributed by atoms with van der Waals surface area (Å²) in [7, 11) is 0. The number of amides is 1. The van der Waals surface area contributed by atoms with E-state index in [1.54, 1.807) is 0 Å². The third-order valence-corrected chi connectivity index (χ3v) is 4.16. The Balaban J connectivity index is 1.99. The summed E-state index contributed by atoms with van der Waals surface area (Å²) in [5.74, 6) is 0. The molecule has 0 spiro atoms. The first-order chi connectivity index (χ1) is 8.72. The van der Waals surface area contributed by atoms with E-state index in [2.05, 4.69) is 5.32 Å². The highest BCUT2D eigenvalue weighted by Gasteiger charge is 2.47. The molecule has 0 aromatic heterocycles. The fourth-order valence-electron chi connectivity index (χ4n) is 3.11. The zero-order chi connectivity index (χ0) is 14.1. The van der Waals surface area contributed by atoms with Crippen molar-refractivity contribution in [2.45, 2.75) is 88.8 Å². The largest absolute Gasteiger partial charge is 0.444 e. The van der Waals surface area contributed by atoms with Gasteiger partial charge in [0.25, 0.3) is 0 Å². The molecule has 0 aliphatic heterocycles. The predicted octanol–water partition coefficient (Wildman–Crippen LogP) is 3.10. The second-order valence-electron chi connectivity index (χ2n) is 7.51. The molecule has 19 heavy (non-hydrogen) atoms. The maximum atomic E-state index is 12.1. The van der Waals surface area contributed by atoms with E-state index in [9.17, 15) is 4.79 Å². The lowest BCUT2D eigenvalue weighted by molar-refractivity contribution is 0.0407. The van der Waals surface area contributed by atoms with Crippen LogP contribution in [0.3, 0.4) is 0 Å². The summed E-state index contributed by atoms with van der Waals surface area (Å²) in [5, 5.41) is 3.14. The van der Waals surface area contributed by atoms with Crippen molar-refractivity contribution in [1.29, 1.82) is 0 Å². The molecular formula is C15H28N2O2. The molecule has 0 aromatic rings. The van der Waals surface area contributed by atoms with Crippen molar-refractivity contribution >= 4 is 6.09 Å². The van der Waals surface area contributed by atoms with Gasteiger partial charge in [0, 0.05) is 11.1 Å². The Bertz CT molecular complexity index is 337. The van der Waals surface area contributed by atoms with Crippen LogP contribution in [0.4, 0.5) is 4.79 Å². The Kier molecular flexibility index (Phi) is 3.83. The van der Waals surface area contributed by atoms with Gasteiger partial charge in [-0.15, -0.1) is 0 Å². The third kappa shape index (κ3) is 4.37. The quantitative estimate of drug-likeness (QED) is 0.826. The van der Waals surface area contributed by atoms with Crippen LogP contribution in [-0.2, 0) is 4.74 Å². The third-order valence-electron chi connectivity index (χ3n) is 4.16. The zero-order valence-electron chi connectivity index (χ0n) is 12.6. The summed E-state index contributed by atoms with van der Waals surface area (Å²) in [4.78, 5) is 12.1. The number of nitrogens with one attached hydrogen (secondary N) is 1. The molecule has 0 unspecified atom stereocenters. The van der Waals surface area contributed by atoms with E-state index in [4.69, 9.17) is 10.5 Å². The number of ether oxygens (including phenoxy) is 1. The summed E-state index contributed by atoms with van der Waals surface area (Å²) >= 11 is 0. The van der Waals surface area contributed by atoms with Crippen LogP contribution in [0.1, 0.15) is 72.1 Å². The average molecular weight is 268 g/mol.